The summed E-state index contributed by atoms with van der Waals surface area (Å²) < 4.78 is 13.7. The summed E-state index contributed by atoms with van der Waals surface area (Å²) in [7, 11) is 3.45. The number of ether oxygens (including phenoxy) is 2. The number of nitrogens with one attached hydrogen (secondary N) is 3. The first kappa shape index (κ1) is 44.8. The van der Waals surface area contributed by atoms with Gasteiger partial charge in [0.1, 0.15) is 29.2 Å². The number of likely N-dealkylation sites (N-methyl/N-ethyl adjacent to an activating group) is 1. The van der Waals surface area contributed by atoms with E-state index in [-0.39, 0.29) is 42.3 Å². The van der Waals surface area contributed by atoms with Crippen molar-refractivity contribution < 1.29 is 28.7 Å². The van der Waals surface area contributed by atoms with Crippen molar-refractivity contribution in [1.29, 1.82) is 0 Å². The summed E-state index contributed by atoms with van der Waals surface area (Å²) in [4.78, 5) is 65.3. The van der Waals surface area contributed by atoms with Gasteiger partial charge in [0.25, 0.3) is 5.91 Å². The van der Waals surface area contributed by atoms with Gasteiger partial charge in [0.15, 0.2) is 5.82 Å². The van der Waals surface area contributed by atoms with Crippen LogP contribution in [0.5, 0.6) is 5.75 Å². The smallest absolute Gasteiger partial charge is 0.255 e. The number of methoxy groups -OCH3 is 1. The molecule has 2 atom stereocenters. The van der Waals surface area contributed by atoms with Gasteiger partial charge in [-0.1, -0.05) is 42.9 Å². The molecule has 0 radical (unpaired) electrons. The van der Waals surface area contributed by atoms with E-state index in [0.29, 0.717) is 62.3 Å². The Balaban J connectivity index is 0.698. The SMILES string of the molecule is CC[C@@H]1C(=O)N(C)c2cnc(Nc3ccc(-c4cn(C5CCC(NCCCOCCC#Cc6ccc7c(c6)CN(C6CCC(=O)NC6=O)C7=O)CC5)nn4)cc3OC)nc2N1C1CCCC1. The highest BCUT2D eigenvalue weighted by atomic mass is 16.5. The summed E-state index contributed by atoms with van der Waals surface area (Å²) in [6.45, 7) is 4.49. The molecule has 5 heterocycles. The first-order valence-electron chi connectivity index (χ1n) is 23.6. The summed E-state index contributed by atoms with van der Waals surface area (Å²) >= 11 is 0. The molecule has 346 valence electrons. The second-order valence-corrected chi connectivity index (χ2v) is 17.9. The molecular formula is C49H59N11O6. The average molecular weight is 898 g/mol. The first-order chi connectivity index (χ1) is 32.2. The fraction of sp³-hybridized carbons (Fsp3) is 0.510. The number of nitrogens with zero attached hydrogens (tertiary/aromatic N) is 8. The summed E-state index contributed by atoms with van der Waals surface area (Å²) in [6.07, 6.45) is 15.2. The molecule has 17 nitrogen and oxygen atoms in total. The van der Waals surface area contributed by atoms with Crippen molar-refractivity contribution >= 4 is 46.8 Å². The van der Waals surface area contributed by atoms with E-state index in [1.807, 2.05) is 48.3 Å². The molecule has 3 N–H and O–H groups in total. The molecule has 2 aliphatic carbocycles. The van der Waals surface area contributed by atoms with Gasteiger partial charge >= 0.3 is 0 Å². The van der Waals surface area contributed by atoms with Gasteiger partial charge in [-0.05, 0) is 100 Å². The van der Waals surface area contributed by atoms with E-state index >= 15 is 0 Å². The van der Waals surface area contributed by atoms with Crippen molar-refractivity contribution in [1.82, 2.24) is 40.5 Å². The Kier molecular flexibility index (Phi) is 13.6. The molecular weight excluding hydrogens is 839 g/mol. The van der Waals surface area contributed by atoms with Gasteiger partial charge in [0.05, 0.1) is 37.8 Å². The zero-order valence-corrected chi connectivity index (χ0v) is 38.1. The predicted molar refractivity (Wildman–Crippen MR) is 248 cm³/mol. The van der Waals surface area contributed by atoms with Gasteiger partial charge < -0.3 is 34.8 Å². The number of aromatic nitrogens is 5. The number of imide groups is 1. The van der Waals surface area contributed by atoms with Crippen LogP contribution in [-0.2, 0) is 25.7 Å². The number of amides is 4. The summed E-state index contributed by atoms with van der Waals surface area (Å²) in [5, 5.41) is 18.5. The Labute approximate surface area is 385 Å². The Morgan fingerprint density at radius 3 is 2.58 bits per heavy atom. The molecule has 4 aromatic rings. The minimum atomic E-state index is -0.626. The normalized spacial score (nSPS) is 22.0. The summed E-state index contributed by atoms with van der Waals surface area (Å²) in [5.74, 6) is 7.42. The number of hydrogen-bond acceptors (Lipinski definition) is 13. The number of piperidine rings is 1. The number of fused-ring (bicyclic) bond motifs is 2. The van der Waals surface area contributed by atoms with Gasteiger partial charge in [-0.25, -0.2) is 9.67 Å². The molecule has 2 aromatic heterocycles. The van der Waals surface area contributed by atoms with Crippen molar-refractivity contribution in [3.8, 4) is 28.8 Å². The average Bonchev–Trinajstić information content (AvgIpc) is 4.12. The van der Waals surface area contributed by atoms with Crippen LogP contribution < -0.4 is 30.5 Å². The Morgan fingerprint density at radius 1 is 0.955 bits per heavy atom. The van der Waals surface area contributed by atoms with Crippen LogP contribution in [0.4, 0.5) is 23.1 Å². The van der Waals surface area contributed by atoms with Crippen LogP contribution in [0, 0.1) is 11.8 Å². The molecule has 5 aliphatic rings. The van der Waals surface area contributed by atoms with Crippen molar-refractivity contribution in [3.63, 3.8) is 0 Å². The maximum absolute atomic E-state index is 13.3. The fourth-order valence-corrected chi connectivity index (χ4v) is 10.2. The Hall–Kier alpha value is -6.38. The van der Waals surface area contributed by atoms with Gasteiger partial charge in [-0.3, -0.25) is 24.5 Å². The minimum Gasteiger partial charge on any atom is -0.495 e. The van der Waals surface area contributed by atoms with E-state index in [1.165, 1.54) is 0 Å². The minimum absolute atomic E-state index is 0.0896. The number of anilines is 4. The molecule has 4 amide bonds. The highest BCUT2D eigenvalue weighted by Gasteiger charge is 2.42. The maximum atomic E-state index is 13.3. The lowest BCUT2D eigenvalue weighted by molar-refractivity contribution is -0.137. The van der Waals surface area contributed by atoms with Crippen LogP contribution in [0.1, 0.15) is 118 Å². The zero-order valence-electron chi connectivity index (χ0n) is 38.1. The lowest BCUT2D eigenvalue weighted by Gasteiger charge is -2.43. The molecule has 1 saturated heterocycles. The van der Waals surface area contributed by atoms with E-state index in [9.17, 15) is 19.2 Å². The first-order valence-corrected chi connectivity index (χ1v) is 23.6. The molecule has 0 bridgehead atoms. The zero-order chi connectivity index (χ0) is 45.7. The van der Waals surface area contributed by atoms with E-state index in [2.05, 4.69) is 54.9 Å². The standard InChI is InChI=1S/C49H59N11O6/c1-4-40-48(64)57(2)42-28-51-49(54-45(42)60(40)36-11-5-6-12-36)52-38-20-14-32(27-43(38)65-3)39-30-59(56-55-39)35-17-15-34(16-18-35)50-23-9-25-66-24-8-7-10-31-13-19-37-33(26-31)29-58(47(37)63)41-21-22-44(61)53-46(41)62/h13-14,19-20,26-28,30,34-36,40-41,50H,4-6,8-9,11-12,15-18,21-25,29H2,1-3H3,(H,51,52,54)(H,53,61,62)/t34?,35?,40-,41?/m1/s1. The molecule has 2 saturated carbocycles. The lowest BCUT2D eigenvalue weighted by atomic mass is 9.91. The second-order valence-electron chi connectivity index (χ2n) is 17.9. The van der Waals surface area contributed by atoms with E-state index in [4.69, 9.17) is 14.5 Å². The van der Waals surface area contributed by atoms with Crippen LogP contribution in [0.15, 0.2) is 48.8 Å². The molecule has 2 aromatic carbocycles. The second kappa shape index (κ2) is 20.0. The fourth-order valence-electron chi connectivity index (χ4n) is 10.2. The third kappa shape index (κ3) is 9.48. The highest BCUT2D eigenvalue weighted by molar-refractivity contribution is 6.06. The molecule has 0 spiro atoms. The maximum Gasteiger partial charge on any atom is 0.255 e. The highest BCUT2D eigenvalue weighted by Crippen LogP contribution is 2.41. The molecule has 66 heavy (non-hydrogen) atoms. The summed E-state index contributed by atoms with van der Waals surface area (Å²) in [5.41, 5.74) is 5.39. The predicted octanol–water partition coefficient (Wildman–Crippen LogP) is 5.67. The number of hydrogen-bond donors (Lipinski definition) is 3. The van der Waals surface area contributed by atoms with Crippen LogP contribution in [0.2, 0.25) is 0 Å². The van der Waals surface area contributed by atoms with E-state index < -0.39 is 11.9 Å². The Bertz CT molecular complexity index is 2520. The number of benzene rings is 2. The lowest BCUT2D eigenvalue weighted by Crippen LogP contribution is -2.55. The van der Waals surface area contributed by atoms with Crippen LogP contribution in [0.3, 0.4) is 0 Å². The van der Waals surface area contributed by atoms with Gasteiger partial charge in [-0.2, -0.15) is 4.98 Å². The van der Waals surface area contributed by atoms with Crippen molar-refractivity contribution in [2.75, 3.05) is 49.0 Å². The third-order valence-corrected chi connectivity index (χ3v) is 13.8. The number of rotatable bonds is 15. The van der Waals surface area contributed by atoms with Crippen LogP contribution in [0.25, 0.3) is 11.3 Å². The third-order valence-electron chi connectivity index (χ3n) is 13.8. The van der Waals surface area contributed by atoms with Crippen molar-refractivity contribution in [3.05, 3.63) is 65.5 Å². The molecule has 1 unspecified atom stereocenters. The molecule has 3 aliphatic heterocycles. The van der Waals surface area contributed by atoms with Crippen LogP contribution >= 0.6 is 0 Å². The van der Waals surface area contributed by atoms with Crippen LogP contribution in [-0.4, -0.2) is 112 Å². The quantitative estimate of drug-likeness (QED) is 0.0753. The van der Waals surface area contributed by atoms with E-state index in [1.54, 1.807) is 29.2 Å². The van der Waals surface area contributed by atoms with Gasteiger partial charge in [0.2, 0.25) is 23.7 Å². The van der Waals surface area contributed by atoms with Crippen molar-refractivity contribution in [2.24, 2.45) is 0 Å². The number of carbonyl (C=O) groups is 4. The summed E-state index contributed by atoms with van der Waals surface area (Å²) in [6, 6.07) is 11.6. The van der Waals surface area contributed by atoms with E-state index in [0.717, 1.165) is 104 Å². The largest absolute Gasteiger partial charge is 0.495 e. The molecule has 17 heteroatoms. The monoisotopic (exact) mass is 897 g/mol. The topological polar surface area (TPSA) is 189 Å². The van der Waals surface area contributed by atoms with Gasteiger partial charge in [0, 0.05) is 61.8 Å². The molecule has 9 rings (SSSR count). The molecule has 3 fully saturated rings. The number of carbonyl (C=O) groups excluding carboxylic acids is 4. The van der Waals surface area contributed by atoms with Crippen molar-refractivity contribution in [2.45, 2.75) is 127 Å². The Morgan fingerprint density at radius 2 is 1.79 bits per heavy atom. The van der Waals surface area contributed by atoms with Gasteiger partial charge in [-0.15, -0.1) is 5.10 Å².